The Balaban J connectivity index is 2.73. The number of hydrogen-bond acceptors (Lipinski definition) is 2. The van der Waals surface area contributed by atoms with Gasteiger partial charge in [0.1, 0.15) is 23.0 Å². The van der Waals surface area contributed by atoms with E-state index in [0.29, 0.717) is 16.7 Å². The van der Waals surface area contributed by atoms with E-state index in [1.807, 2.05) is 6.92 Å². The summed E-state index contributed by atoms with van der Waals surface area (Å²) in [7, 11) is 1.79. The van der Waals surface area contributed by atoms with Crippen molar-refractivity contribution >= 4 is 11.0 Å². The fourth-order valence-electron chi connectivity index (χ4n) is 1.86. The summed E-state index contributed by atoms with van der Waals surface area (Å²) in [5.74, 6) is -0.560. The van der Waals surface area contributed by atoms with Crippen LogP contribution in [0.3, 0.4) is 0 Å². The maximum Gasteiger partial charge on any atom is 0.140 e. The molecule has 0 bridgehead atoms. The van der Waals surface area contributed by atoms with Gasteiger partial charge in [-0.05, 0) is 20.9 Å². The molecule has 1 aromatic carbocycles. The fraction of sp³-hybridized carbons (Fsp3) is 0.333. The summed E-state index contributed by atoms with van der Waals surface area (Å²) in [5.41, 5.74) is 0.974. The van der Waals surface area contributed by atoms with E-state index in [2.05, 4.69) is 5.32 Å². The molecule has 2 nitrogen and oxygen atoms in total. The number of fused-ring (bicyclic) bond motifs is 1. The molecule has 0 radical (unpaired) electrons. The van der Waals surface area contributed by atoms with Gasteiger partial charge in [-0.15, -0.1) is 0 Å². The van der Waals surface area contributed by atoms with E-state index in [1.54, 1.807) is 14.0 Å². The third-order valence-corrected chi connectivity index (χ3v) is 2.81. The van der Waals surface area contributed by atoms with Crippen LogP contribution < -0.4 is 5.32 Å². The number of nitrogens with one attached hydrogen (secondary N) is 1. The molecular formula is C12H13F2NO. The molecule has 0 aliphatic carbocycles. The molecule has 16 heavy (non-hydrogen) atoms. The van der Waals surface area contributed by atoms with Crippen LogP contribution in [-0.2, 0) is 0 Å². The van der Waals surface area contributed by atoms with Crippen LogP contribution in [0.25, 0.3) is 11.0 Å². The number of hydrogen-bond donors (Lipinski definition) is 1. The highest BCUT2D eigenvalue weighted by Crippen LogP contribution is 2.31. The molecule has 4 heteroatoms. The Morgan fingerprint density at radius 2 is 2.00 bits per heavy atom. The van der Waals surface area contributed by atoms with Crippen LogP contribution in [-0.4, -0.2) is 7.05 Å². The minimum Gasteiger partial charge on any atom is -0.459 e. The average Bonchev–Trinajstić information content (AvgIpc) is 2.54. The minimum atomic E-state index is -0.623. The van der Waals surface area contributed by atoms with E-state index in [0.717, 1.165) is 6.07 Å². The first-order valence-electron chi connectivity index (χ1n) is 5.10. The predicted molar refractivity (Wildman–Crippen MR) is 58.3 cm³/mol. The highest BCUT2D eigenvalue weighted by molar-refractivity contribution is 5.82. The topological polar surface area (TPSA) is 25.2 Å². The van der Waals surface area contributed by atoms with Gasteiger partial charge in [0.2, 0.25) is 0 Å². The molecule has 1 unspecified atom stereocenters. The van der Waals surface area contributed by atoms with Gasteiger partial charge in [-0.2, -0.15) is 0 Å². The molecule has 1 N–H and O–H groups in total. The number of halogens is 2. The van der Waals surface area contributed by atoms with Crippen molar-refractivity contribution in [2.75, 3.05) is 7.05 Å². The first-order valence-corrected chi connectivity index (χ1v) is 5.10. The Hall–Kier alpha value is -1.42. The van der Waals surface area contributed by atoms with Gasteiger partial charge in [0, 0.05) is 17.7 Å². The van der Waals surface area contributed by atoms with Gasteiger partial charge in [0.05, 0.1) is 11.4 Å². The van der Waals surface area contributed by atoms with E-state index in [-0.39, 0.29) is 11.6 Å². The summed E-state index contributed by atoms with van der Waals surface area (Å²) in [4.78, 5) is 0. The zero-order valence-electron chi connectivity index (χ0n) is 9.40. The van der Waals surface area contributed by atoms with Crippen molar-refractivity contribution in [1.29, 1.82) is 0 Å². The quantitative estimate of drug-likeness (QED) is 0.848. The second kappa shape index (κ2) is 3.87. The smallest absolute Gasteiger partial charge is 0.140 e. The SMILES string of the molecule is CNC(C)c1oc2cc(F)cc(F)c2c1C. The van der Waals surface area contributed by atoms with Crippen molar-refractivity contribution in [3.8, 4) is 0 Å². The monoisotopic (exact) mass is 225 g/mol. The molecule has 0 aliphatic heterocycles. The molecule has 2 aromatic rings. The third-order valence-electron chi connectivity index (χ3n) is 2.81. The molecule has 0 saturated carbocycles. The Kier molecular flexibility index (Phi) is 2.68. The van der Waals surface area contributed by atoms with Gasteiger partial charge in [-0.25, -0.2) is 8.78 Å². The van der Waals surface area contributed by atoms with E-state index in [4.69, 9.17) is 4.42 Å². The molecule has 0 fully saturated rings. The van der Waals surface area contributed by atoms with Gasteiger partial charge in [-0.3, -0.25) is 0 Å². The minimum absolute atomic E-state index is 0.0325. The third kappa shape index (κ3) is 1.59. The van der Waals surface area contributed by atoms with Crippen LogP contribution in [0.5, 0.6) is 0 Å². The van der Waals surface area contributed by atoms with Crippen LogP contribution in [0.4, 0.5) is 8.78 Å². The Morgan fingerprint density at radius 3 is 2.62 bits per heavy atom. The van der Waals surface area contributed by atoms with Crippen molar-refractivity contribution in [3.63, 3.8) is 0 Å². The van der Waals surface area contributed by atoms with Crippen molar-refractivity contribution in [2.45, 2.75) is 19.9 Å². The molecule has 0 spiro atoms. The summed E-state index contributed by atoms with van der Waals surface area (Å²) in [6.45, 7) is 3.68. The van der Waals surface area contributed by atoms with Crippen LogP contribution >= 0.6 is 0 Å². The second-order valence-electron chi connectivity index (χ2n) is 3.86. The molecule has 0 amide bonds. The van der Waals surface area contributed by atoms with Gasteiger partial charge >= 0.3 is 0 Å². The first-order chi connectivity index (χ1) is 7.54. The lowest BCUT2D eigenvalue weighted by atomic mass is 10.1. The highest BCUT2D eigenvalue weighted by atomic mass is 19.1. The van der Waals surface area contributed by atoms with Gasteiger partial charge in [0.15, 0.2) is 0 Å². The van der Waals surface area contributed by atoms with Crippen molar-refractivity contribution in [3.05, 3.63) is 35.1 Å². The maximum absolute atomic E-state index is 13.6. The molecule has 1 heterocycles. The Morgan fingerprint density at radius 1 is 1.31 bits per heavy atom. The molecule has 1 atom stereocenters. The Labute approximate surface area is 92.2 Å². The summed E-state index contributed by atoms with van der Waals surface area (Å²) in [6.07, 6.45) is 0. The summed E-state index contributed by atoms with van der Waals surface area (Å²) >= 11 is 0. The lowest BCUT2D eigenvalue weighted by molar-refractivity contribution is 0.470. The molecule has 0 saturated heterocycles. The predicted octanol–water partition coefficient (Wildman–Crippen LogP) is 3.30. The van der Waals surface area contributed by atoms with E-state index in [1.165, 1.54) is 6.07 Å². The summed E-state index contributed by atoms with van der Waals surface area (Å²) < 4.78 is 32.0. The molecule has 86 valence electrons. The van der Waals surface area contributed by atoms with E-state index >= 15 is 0 Å². The number of benzene rings is 1. The van der Waals surface area contributed by atoms with Crippen LogP contribution in [0.2, 0.25) is 0 Å². The largest absolute Gasteiger partial charge is 0.459 e. The summed E-state index contributed by atoms with van der Waals surface area (Å²) in [6, 6.07) is 2.05. The van der Waals surface area contributed by atoms with Gasteiger partial charge in [0.25, 0.3) is 0 Å². The van der Waals surface area contributed by atoms with E-state index in [9.17, 15) is 8.78 Å². The van der Waals surface area contributed by atoms with E-state index < -0.39 is 11.6 Å². The number of aryl methyl sites for hydroxylation is 1. The standard InChI is InChI=1S/C12H13F2NO/c1-6-11-9(14)4-8(13)5-10(11)16-12(6)7(2)15-3/h4-5,7,15H,1-3H3. The van der Waals surface area contributed by atoms with Gasteiger partial charge in [-0.1, -0.05) is 0 Å². The molecule has 0 aliphatic rings. The summed E-state index contributed by atoms with van der Waals surface area (Å²) in [5, 5.41) is 3.37. The van der Waals surface area contributed by atoms with Crippen molar-refractivity contribution in [2.24, 2.45) is 0 Å². The average molecular weight is 225 g/mol. The molecule has 1 aromatic heterocycles. The first kappa shape index (κ1) is 11.1. The van der Waals surface area contributed by atoms with Crippen LogP contribution in [0.1, 0.15) is 24.3 Å². The Bertz CT molecular complexity index is 533. The van der Waals surface area contributed by atoms with Gasteiger partial charge < -0.3 is 9.73 Å². The van der Waals surface area contributed by atoms with Crippen molar-refractivity contribution < 1.29 is 13.2 Å². The fourth-order valence-corrected chi connectivity index (χ4v) is 1.86. The second-order valence-corrected chi connectivity index (χ2v) is 3.86. The van der Waals surface area contributed by atoms with Crippen LogP contribution in [0, 0.1) is 18.6 Å². The zero-order valence-corrected chi connectivity index (χ0v) is 9.40. The number of furan rings is 1. The maximum atomic E-state index is 13.6. The highest BCUT2D eigenvalue weighted by Gasteiger charge is 2.18. The van der Waals surface area contributed by atoms with Crippen molar-refractivity contribution in [1.82, 2.24) is 5.32 Å². The molecular weight excluding hydrogens is 212 g/mol. The lowest BCUT2D eigenvalue weighted by Gasteiger charge is -2.06. The van der Waals surface area contributed by atoms with Crippen LogP contribution in [0.15, 0.2) is 16.5 Å². The zero-order chi connectivity index (χ0) is 11.9. The lowest BCUT2D eigenvalue weighted by Crippen LogP contribution is -2.12. The number of rotatable bonds is 2. The normalized spacial score (nSPS) is 13.3. The molecule has 2 rings (SSSR count).